The van der Waals surface area contributed by atoms with Crippen LogP contribution in [0.25, 0.3) is 0 Å². The van der Waals surface area contributed by atoms with Crippen LogP contribution >= 0.6 is 0 Å². The van der Waals surface area contributed by atoms with Gasteiger partial charge in [-0.3, -0.25) is 4.79 Å². The number of nitrogens with zero attached hydrogens (tertiary/aromatic N) is 1. The van der Waals surface area contributed by atoms with Crippen molar-refractivity contribution in [2.45, 2.75) is 6.42 Å². The zero-order valence-corrected chi connectivity index (χ0v) is 10.4. The Bertz CT molecular complexity index is 583. The minimum Gasteiger partial charge on any atom is -0.497 e. The van der Waals surface area contributed by atoms with Gasteiger partial charge in [-0.2, -0.15) is 0 Å². The zero-order chi connectivity index (χ0) is 13.7. The largest absolute Gasteiger partial charge is 0.497 e. The molecule has 2 aromatic rings. The Morgan fingerprint density at radius 3 is 2.79 bits per heavy atom. The van der Waals surface area contributed by atoms with Crippen molar-refractivity contribution < 1.29 is 19.4 Å². The van der Waals surface area contributed by atoms with Crippen molar-refractivity contribution in [3.8, 4) is 17.4 Å². The van der Waals surface area contributed by atoms with Gasteiger partial charge in [-0.25, -0.2) is 4.98 Å². The molecular weight excluding hydrogens is 246 g/mol. The standard InChI is InChI=1S/C14H13NO4/c1-18-11-5-2-6-12(9-11)19-14-10(8-13(16)17)4-3-7-15-14/h2-7,9H,8H2,1H3,(H,16,17). The molecule has 1 N–H and O–H groups in total. The third-order valence-corrected chi connectivity index (χ3v) is 2.45. The van der Waals surface area contributed by atoms with Crippen LogP contribution < -0.4 is 9.47 Å². The van der Waals surface area contributed by atoms with E-state index < -0.39 is 5.97 Å². The number of benzene rings is 1. The summed E-state index contributed by atoms with van der Waals surface area (Å²) in [4.78, 5) is 14.8. The highest BCUT2D eigenvalue weighted by molar-refractivity contribution is 5.71. The lowest BCUT2D eigenvalue weighted by atomic mass is 10.2. The van der Waals surface area contributed by atoms with Gasteiger partial charge in [0.1, 0.15) is 11.5 Å². The molecule has 5 heteroatoms. The number of ether oxygens (including phenoxy) is 2. The Morgan fingerprint density at radius 2 is 2.05 bits per heavy atom. The molecule has 0 aliphatic carbocycles. The molecule has 0 spiro atoms. The van der Waals surface area contributed by atoms with Crippen LogP contribution in [0.2, 0.25) is 0 Å². The molecule has 0 bridgehead atoms. The number of pyridine rings is 1. The summed E-state index contributed by atoms with van der Waals surface area (Å²) in [6.07, 6.45) is 1.42. The number of aromatic nitrogens is 1. The maximum absolute atomic E-state index is 10.8. The van der Waals surface area contributed by atoms with Gasteiger partial charge in [0.25, 0.3) is 0 Å². The van der Waals surface area contributed by atoms with Gasteiger partial charge in [-0.1, -0.05) is 12.1 Å². The van der Waals surface area contributed by atoms with Gasteiger partial charge in [0.15, 0.2) is 0 Å². The molecular formula is C14H13NO4. The predicted molar refractivity (Wildman–Crippen MR) is 68.6 cm³/mol. The molecule has 0 saturated carbocycles. The number of hydrogen-bond donors (Lipinski definition) is 1. The van der Waals surface area contributed by atoms with Crippen LogP contribution in [0.1, 0.15) is 5.56 Å². The summed E-state index contributed by atoms with van der Waals surface area (Å²) in [7, 11) is 1.57. The van der Waals surface area contributed by atoms with E-state index in [1.54, 1.807) is 49.7 Å². The molecule has 0 fully saturated rings. The topological polar surface area (TPSA) is 68.7 Å². The Balaban J connectivity index is 2.24. The smallest absolute Gasteiger partial charge is 0.308 e. The summed E-state index contributed by atoms with van der Waals surface area (Å²) < 4.78 is 10.7. The summed E-state index contributed by atoms with van der Waals surface area (Å²) in [5, 5.41) is 8.84. The van der Waals surface area contributed by atoms with Crippen molar-refractivity contribution in [1.29, 1.82) is 0 Å². The van der Waals surface area contributed by atoms with Gasteiger partial charge in [-0.05, 0) is 18.2 Å². The van der Waals surface area contributed by atoms with E-state index in [1.165, 1.54) is 0 Å². The molecule has 19 heavy (non-hydrogen) atoms. The number of carboxylic acid groups (broad SMARTS) is 1. The molecule has 98 valence electrons. The van der Waals surface area contributed by atoms with Crippen molar-refractivity contribution >= 4 is 5.97 Å². The Kier molecular flexibility index (Phi) is 3.97. The molecule has 0 amide bonds. The number of carbonyl (C=O) groups is 1. The van der Waals surface area contributed by atoms with Gasteiger partial charge in [0.05, 0.1) is 13.5 Å². The van der Waals surface area contributed by atoms with Gasteiger partial charge in [0, 0.05) is 17.8 Å². The first-order valence-corrected chi connectivity index (χ1v) is 5.66. The van der Waals surface area contributed by atoms with Crippen molar-refractivity contribution in [3.05, 3.63) is 48.2 Å². The predicted octanol–water partition coefficient (Wildman–Crippen LogP) is 2.51. The lowest BCUT2D eigenvalue weighted by Gasteiger charge is -2.09. The first kappa shape index (κ1) is 12.9. The molecule has 0 aliphatic heterocycles. The minimum atomic E-state index is -0.927. The maximum atomic E-state index is 10.8. The third kappa shape index (κ3) is 3.45. The highest BCUT2D eigenvalue weighted by atomic mass is 16.5. The van der Waals surface area contributed by atoms with Crippen LogP contribution in [0.3, 0.4) is 0 Å². The second-order valence-electron chi connectivity index (χ2n) is 3.82. The Labute approximate surface area is 110 Å². The summed E-state index contributed by atoms with van der Waals surface area (Å²) >= 11 is 0. The molecule has 1 aromatic heterocycles. The number of aliphatic carboxylic acids is 1. The van der Waals surface area contributed by atoms with E-state index in [4.69, 9.17) is 14.6 Å². The fraction of sp³-hybridized carbons (Fsp3) is 0.143. The number of rotatable bonds is 5. The van der Waals surface area contributed by atoms with Crippen LogP contribution in [0.4, 0.5) is 0 Å². The lowest BCUT2D eigenvalue weighted by molar-refractivity contribution is -0.136. The van der Waals surface area contributed by atoms with Crippen molar-refractivity contribution in [2.24, 2.45) is 0 Å². The molecule has 0 aliphatic rings. The monoisotopic (exact) mass is 259 g/mol. The first-order chi connectivity index (χ1) is 9.19. The van der Waals surface area contributed by atoms with E-state index in [2.05, 4.69) is 4.98 Å². The molecule has 0 unspecified atom stereocenters. The summed E-state index contributed by atoms with van der Waals surface area (Å²) in [5.74, 6) is 0.569. The fourth-order valence-corrected chi connectivity index (χ4v) is 1.59. The summed E-state index contributed by atoms with van der Waals surface area (Å²) in [6, 6.07) is 10.4. The van der Waals surface area contributed by atoms with Crippen molar-refractivity contribution in [1.82, 2.24) is 4.98 Å². The summed E-state index contributed by atoms with van der Waals surface area (Å²) in [6.45, 7) is 0. The number of methoxy groups -OCH3 is 1. The fourth-order valence-electron chi connectivity index (χ4n) is 1.59. The average molecular weight is 259 g/mol. The first-order valence-electron chi connectivity index (χ1n) is 5.66. The Morgan fingerprint density at radius 1 is 1.26 bits per heavy atom. The number of hydrogen-bond acceptors (Lipinski definition) is 4. The van der Waals surface area contributed by atoms with E-state index >= 15 is 0 Å². The maximum Gasteiger partial charge on any atom is 0.308 e. The molecule has 1 aromatic carbocycles. The van der Waals surface area contributed by atoms with E-state index in [-0.39, 0.29) is 12.3 Å². The van der Waals surface area contributed by atoms with Gasteiger partial charge in [0.2, 0.25) is 5.88 Å². The summed E-state index contributed by atoms with van der Waals surface area (Å²) in [5.41, 5.74) is 0.526. The lowest BCUT2D eigenvalue weighted by Crippen LogP contribution is -2.03. The molecule has 2 rings (SSSR count). The van der Waals surface area contributed by atoms with E-state index in [1.807, 2.05) is 0 Å². The average Bonchev–Trinajstić information content (AvgIpc) is 2.41. The molecule has 5 nitrogen and oxygen atoms in total. The third-order valence-electron chi connectivity index (χ3n) is 2.45. The highest BCUT2D eigenvalue weighted by Crippen LogP contribution is 2.26. The molecule has 0 radical (unpaired) electrons. The minimum absolute atomic E-state index is 0.132. The van der Waals surface area contributed by atoms with Gasteiger partial charge >= 0.3 is 5.97 Å². The Hall–Kier alpha value is -2.56. The van der Waals surface area contributed by atoms with E-state index in [0.717, 1.165) is 0 Å². The van der Waals surface area contributed by atoms with Crippen LogP contribution in [0, 0.1) is 0 Å². The molecule has 1 heterocycles. The SMILES string of the molecule is COc1cccc(Oc2ncccc2CC(=O)O)c1. The molecule has 0 atom stereocenters. The van der Waals surface area contributed by atoms with E-state index in [9.17, 15) is 4.79 Å². The van der Waals surface area contributed by atoms with Gasteiger partial charge < -0.3 is 14.6 Å². The van der Waals surface area contributed by atoms with Crippen LogP contribution in [0.5, 0.6) is 17.4 Å². The van der Waals surface area contributed by atoms with Crippen molar-refractivity contribution in [2.75, 3.05) is 7.11 Å². The second kappa shape index (κ2) is 5.86. The van der Waals surface area contributed by atoms with Crippen LogP contribution in [0.15, 0.2) is 42.6 Å². The zero-order valence-electron chi connectivity index (χ0n) is 10.4. The molecule has 0 saturated heterocycles. The highest BCUT2D eigenvalue weighted by Gasteiger charge is 2.10. The van der Waals surface area contributed by atoms with Gasteiger partial charge in [-0.15, -0.1) is 0 Å². The van der Waals surface area contributed by atoms with Crippen molar-refractivity contribution in [3.63, 3.8) is 0 Å². The van der Waals surface area contributed by atoms with E-state index in [0.29, 0.717) is 17.1 Å². The number of carboxylic acids is 1. The van der Waals surface area contributed by atoms with Crippen LogP contribution in [-0.4, -0.2) is 23.2 Å². The quantitative estimate of drug-likeness (QED) is 0.893. The second-order valence-corrected chi connectivity index (χ2v) is 3.82. The van der Waals surface area contributed by atoms with Crippen LogP contribution in [-0.2, 0) is 11.2 Å². The normalized spacial score (nSPS) is 9.95.